The fourth-order valence-electron chi connectivity index (χ4n) is 3.88. The van der Waals surface area contributed by atoms with Crippen LogP contribution in [0.4, 0.5) is 0 Å². The van der Waals surface area contributed by atoms with Crippen molar-refractivity contribution in [2.24, 2.45) is 0 Å². The van der Waals surface area contributed by atoms with Crippen LogP contribution in [0.3, 0.4) is 0 Å². The minimum atomic E-state index is -3.22. The third-order valence-corrected chi connectivity index (χ3v) is 7.66. The van der Waals surface area contributed by atoms with Crippen LogP contribution in [0, 0.1) is 11.3 Å². The van der Waals surface area contributed by atoms with E-state index in [1.807, 2.05) is 12.1 Å². The molecule has 0 saturated carbocycles. The minimum Gasteiger partial charge on any atom is -0.438 e. The highest BCUT2D eigenvalue weighted by Crippen LogP contribution is 2.28. The average molecular weight is 507 g/mol. The lowest BCUT2D eigenvalue weighted by molar-refractivity contribution is -0.117. The molecular formula is C26H26N4O5S. The van der Waals surface area contributed by atoms with Crippen LogP contribution in [0.5, 0.6) is 11.6 Å². The van der Waals surface area contributed by atoms with Crippen molar-refractivity contribution in [1.82, 2.24) is 14.7 Å². The van der Waals surface area contributed by atoms with Crippen LogP contribution in [0.2, 0.25) is 0 Å². The molecule has 0 radical (unpaired) electrons. The number of pyridine rings is 1. The molecule has 0 bridgehead atoms. The Morgan fingerprint density at radius 1 is 1.22 bits per heavy atom. The number of carbonyl (C=O) groups is 1. The molecule has 1 fully saturated rings. The molecule has 0 aliphatic carbocycles. The lowest BCUT2D eigenvalue weighted by atomic mass is 9.87. The van der Waals surface area contributed by atoms with E-state index in [0.717, 1.165) is 11.6 Å². The summed E-state index contributed by atoms with van der Waals surface area (Å²) >= 11 is 0. The number of nitrogens with one attached hydrogen (secondary N) is 1. The van der Waals surface area contributed by atoms with Gasteiger partial charge in [-0.1, -0.05) is 39.0 Å². The molecule has 0 spiro atoms. The van der Waals surface area contributed by atoms with E-state index < -0.39 is 27.3 Å². The standard InChI is InChI=1S/C26H26N4O5S/c1-26(2,3)18-7-9-20(10-8-18)35-24-21(25(32)30-12-5-4-6-22(30)29-24)14-17(15-27)23(31)28-19-11-13-36(33,34)16-19/h4-10,12,14,19H,11,13,16H2,1-3H3,(H,28,31)/b17-14+. The monoisotopic (exact) mass is 506 g/mol. The molecule has 1 atom stereocenters. The number of rotatable bonds is 5. The number of sulfone groups is 1. The third kappa shape index (κ3) is 5.47. The second-order valence-electron chi connectivity index (χ2n) is 9.68. The van der Waals surface area contributed by atoms with Crippen molar-refractivity contribution in [2.75, 3.05) is 11.5 Å². The number of hydrogen-bond donors (Lipinski definition) is 1. The van der Waals surface area contributed by atoms with Crippen molar-refractivity contribution in [3.05, 3.63) is 75.7 Å². The summed E-state index contributed by atoms with van der Waals surface area (Å²) in [5, 5.41) is 12.2. The zero-order chi connectivity index (χ0) is 26.1. The SMILES string of the molecule is CC(C)(C)c1ccc(Oc2nc3ccccn3c(=O)c2/C=C(\C#N)C(=O)NC2CCS(=O)(=O)C2)cc1. The van der Waals surface area contributed by atoms with Crippen molar-refractivity contribution in [1.29, 1.82) is 5.26 Å². The molecule has 1 aliphatic rings. The van der Waals surface area contributed by atoms with Crippen molar-refractivity contribution in [2.45, 2.75) is 38.6 Å². The number of aromatic nitrogens is 2. The average Bonchev–Trinajstić information content (AvgIpc) is 3.16. The van der Waals surface area contributed by atoms with E-state index in [4.69, 9.17) is 4.74 Å². The van der Waals surface area contributed by atoms with E-state index in [0.29, 0.717) is 11.4 Å². The van der Waals surface area contributed by atoms with Gasteiger partial charge < -0.3 is 10.1 Å². The maximum atomic E-state index is 13.3. The summed E-state index contributed by atoms with van der Waals surface area (Å²) in [7, 11) is -3.22. The molecule has 1 aromatic carbocycles. The van der Waals surface area contributed by atoms with Crippen molar-refractivity contribution in [3.8, 4) is 17.7 Å². The quantitative estimate of drug-likeness (QED) is 0.416. The molecule has 1 aliphatic heterocycles. The van der Waals surface area contributed by atoms with Gasteiger partial charge in [-0.15, -0.1) is 0 Å². The van der Waals surface area contributed by atoms with Gasteiger partial charge in [0.15, 0.2) is 9.84 Å². The second-order valence-corrected chi connectivity index (χ2v) is 11.9. The number of benzene rings is 1. The molecule has 1 unspecified atom stereocenters. The van der Waals surface area contributed by atoms with Crippen LogP contribution in [0.15, 0.2) is 59.0 Å². The van der Waals surface area contributed by atoms with Crippen LogP contribution < -0.4 is 15.6 Å². The Morgan fingerprint density at radius 3 is 2.56 bits per heavy atom. The highest BCUT2D eigenvalue weighted by Gasteiger charge is 2.30. The van der Waals surface area contributed by atoms with E-state index in [2.05, 4.69) is 31.1 Å². The molecule has 4 rings (SSSR count). The summed E-state index contributed by atoms with van der Waals surface area (Å²) in [6.45, 7) is 6.27. The van der Waals surface area contributed by atoms with E-state index in [1.54, 1.807) is 36.4 Å². The number of hydrogen-bond acceptors (Lipinski definition) is 7. The zero-order valence-corrected chi connectivity index (χ0v) is 21.0. The van der Waals surface area contributed by atoms with Crippen LogP contribution >= 0.6 is 0 Å². The topological polar surface area (TPSA) is 131 Å². The summed E-state index contributed by atoms with van der Waals surface area (Å²) < 4.78 is 30.7. The fraction of sp³-hybridized carbons (Fsp3) is 0.308. The van der Waals surface area contributed by atoms with Gasteiger partial charge in [-0.2, -0.15) is 10.2 Å². The Labute approximate surface area is 209 Å². The highest BCUT2D eigenvalue weighted by atomic mass is 32.2. The predicted molar refractivity (Wildman–Crippen MR) is 135 cm³/mol. The summed E-state index contributed by atoms with van der Waals surface area (Å²) in [5.41, 5.74) is 0.413. The first kappa shape index (κ1) is 25.1. The first-order valence-electron chi connectivity index (χ1n) is 11.4. The molecule has 1 N–H and O–H groups in total. The number of fused-ring (bicyclic) bond motifs is 1. The summed E-state index contributed by atoms with van der Waals surface area (Å²) in [5.74, 6) is -0.595. The van der Waals surface area contributed by atoms with Crippen LogP contribution in [0.25, 0.3) is 11.7 Å². The number of amides is 1. The van der Waals surface area contributed by atoms with E-state index in [-0.39, 0.29) is 40.4 Å². The Balaban J connectivity index is 1.73. The minimum absolute atomic E-state index is 0.0223. The molecule has 1 amide bonds. The van der Waals surface area contributed by atoms with Gasteiger partial charge in [-0.3, -0.25) is 14.0 Å². The summed E-state index contributed by atoms with van der Waals surface area (Å²) in [6, 6.07) is 13.6. The van der Waals surface area contributed by atoms with Gasteiger partial charge in [0.2, 0.25) is 5.88 Å². The number of carbonyl (C=O) groups excluding carboxylic acids is 1. The van der Waals surface area contributed by atoms with Crippen LogP contribution in [-0.4, -0.2) is 41.3 Å². The van der Waals surface area contributed by atoms with Gasteiger partial charge in [0.1, 0.15) is 28.6 Å². The first-order chi connectivity index (χ1) is 17.0. The van der Waals surface area contributed by atoms with Gasteiger partial charge >= 0.3 is 0 Å². The third-order valence-electron chi connectivity index (χ3n) is 5.89. The maximum Gasteiger partial charge on any atom is 0.269 e. The van der Waals surface area contributed by atoms with Gasteiger partial charge in [0.05, 0.1) is 11.5 Å². The number of nitriles is 1. The molecule has 9 nitrogen and oxygen atoms in total. The molecule has 186 valence electrons. The van der Waals surface area contributed by atoms with Crippen molar-refractivity contribution in [3.63, 3.8) is 0 Å². The van der Waals surface area contributed by atoms with Crippen molar-refractivity contribution >= 4 is 27.5 Å². The lowest BCUT2D eigenvalue weighted by Gasteiger charge is -2.19. The van der Waals surface area contributed by atoms with Crippen LogP contribution in [-0.2, 0) is 20.0 Å². The second kappa shape index (κ2) is 9.59. The molecule has 3 aromatic rings. The largest absolute Gasteiger partial charge is 0.438 e. The van der Waals surface area contributed by atoms with Gasteiger partial charge in [-0.25, -0.2) is 8.42 Å². The molecule has 3 heterocycles. The first-order valence-corrected chi connectivity index (χ1v) is 13.2. The smallest absolute Gasteiger partial charge is 0.269 e. The highest BCUT2D eigenvalue weighted by molar-refractivity contribution is 7.91. The lowest BCUT2D eigenvalue weighted by Crippen LogP contribution is -2.36. The number of ether oxygens (including phenoxy) is 1. The Hall–Kier alpha value is -3.97. The van der Waals surface area contributed by atoms with Crippen molar-refractivity contribution < 1.29 is 17.9 Å². The normalized spacial score (nSPS) is 17.5. The molecule has 10 heteroatoms. The molecular weight excluding hydrogens is 480 g/mol. The molecule has 36 heavy (non-hydrogen) atoms. The van der Waals surface area contributed by atoms with Gasteiger partial charge in [0, 0.05) is 12.2 Å². The summed E-state index contributed by atoms with van der Waals surface area (Å²) in [4.78, 5) is 30.5. The predicted octanol–water partition coefficient (Wildman–Crippen LogP) is 2.99. The maximum absolute atomic E-state index is 13.3. The zero-order valence-electron chi connectivity index (χ0n) is 20.2. The van der Waals surface area contributed by atoms with E-state index in [9.17, 15) is 23.3 Å². The Kier molecular flexibility index (Phi) is 6.69. The number of nitrogens with zero attached hydrogens (tertiary/aromatic N) is 3. The fourth-order valence-corrected chi connectivity index (χ4v) is 5.56. The Morgan fingerprint density at radius 2 is 1.94 bits per heavy atom. The summed E-state index contributed by atoms with van der Waals surface area (Å²) in [6.07, 6.45) is 2.93. The van der Waals surface area contributed by atoms with Crippen LogP contribution in [0.1, 0.15) is 38.3 Å². The molecule has 1 saturated heterocycles. The van der Waals surface area contributed by atoms with E-state index in [1.165, 1.54) is 10.6 Å². The van der Waals surface area contributed by atoms with E-state index >= 15 is 0 Å². The van der Waals surface area contributed by atoms with Gasteiger partial charge in [-0.05, 0) is 47.7 Å². The Bertz CT molecular complexity index is 1560. The van der Waals surface area contributed by atoms with Gasteiger partial charge in [0.25, 0.3) is 11.5 Å². The molecule has 2 aromatic heterocycles.